The van der Waals surface area contributed by atoms with Crippen LogP contribution in [0, 0.1) is 6.92 Å². The van der Waals surface area contributed by atoms with Gasteiger partial charge in [0, 0.05) is 38.0 Å². The molecule has 0 fully saturated rings. The number of oxazole rings is 1. The molecule has 0 aliphatic carbocycles. The van der Waals surface area contributed by atoms with E-state index in [4.69, 9.17) is 4.42 Å². The molecule has 0 bridgehead atoms. The molecule has 0 aliphatic heterocycles. The third-order valence-corrected chi connectivity index (χ3v) is 3.83. The van der Waals surface area contributed by atoms with Crippen LogP contribution >= 0.6 is 0 Å². The Morgan fingerprint density at radius 1 is 1.22 bits per heavy atom. The van der Waals surface area contributed by atoms with E-state index in [0.717, 1.165) is 11.9 Å². The Labute approximate surface area is 135 Å². The first-order chi connectivity index (χ1) is 11.2. The van der Waals surface area contributed by atoms with Gasteiger partial charge in [0.15, 0.2) is 11.5 Å². The van der Waals surface area contributed by atoms with E-state index in [0.29, 0.717) is 30.1 Å². The van der Waals surface area contributed by atoms with Gasteiger partial charge in [-0.1, -0.05) is 0 Å². The number of carbonyl (C=O) groups is 1. The Bertz CT molecular complexity index is 812. The van der Waals surface area contributed by atoms with Crippen molar-refractivity contribution in [2.45, 2.75) is 20.3 Å². The van der Waals surface area contributed by atoms with Crippen LogP contribution in [0.15, 0.2) is 47.1 Å². The standard InChI is InChI=1S/C18H19N3O2/c1-3-21(11-8-14-6-9-19-10-7-14)18(22)15-4-5-16-17(12-15)23-13(2)20-16/h4-7,9-10,12H,3,8,11H2,1-2H3. The van der Waals surface area contributed by atoms with E-state index >= 15 is 0 Å². The molecule has 23 heavy (non-hydrogen) atoms. The molecule has 0 spiro atoms. The Hall–Kier alpha value is -2.69. The lowest BCUT2D eigenvalue weighted by Gasteiger charge is -2.21. The fourth-order valence-corrected chi connectivity index (χ4v) is 2.57. The van der Waals surface area contributed by atoms with Crippen molar-refractivity contribution in [3.63, 3.8) is 0 Å². The smallest absolute Gasteiger partial charge is 0.253 e. The second kappa shape index (κ2) is 6.60. The lowest BCUT2D eigenvalue weighted by Crippen LogP contribution is -2.32. The zero-order valence-corrected chi connectivity index (χ0v) is 13.3. The maximum Gasteiger partial charge on any atom is 0.253 e. The predicted octanol–water partition coefficient (Wildman–Crippen LogP) is 3.24. The van der Waals surface area contributed by atoms with E-state index in [-0.39, 0.29) is 5.91 Å². The minimum atomic E-state index is 0.0116. The Kier molecular flexibility index (Phi) is 4.37. The van der Waals surface area contributed by atoms with Crippen LogP contribution in [0.25, 0.3) is 11.1 Å². The van der Waals surface area contributed by atoms with E-state index in [1.807, 2.05) is 36.1 Å². The molecule has 0 unspecified atom stereocenters. The second-order valence-corrected chi connectivity index (χ2v) is 5.41. The van der Waals surface area contributed by atoms with Crippen molar-refractivity contribution in [3.05, 3.63) is 59.7 Å². The number of fused-ring (bicyclic) bond motifs is 1. The van der Waals surface area contributed by atoms with Crippen LogP contribution in [0.3, 0.4) is 0 Å². The van der Waals surface area contributed by atoms with Crippen molar-refractivity contribution >= 4 is 17.0 Å². The van der Waals surface area contributed by atoms with E-state index in [2.05, 4.69) is 9.97 Å². The van der Waals surface area contributed by atoms with Crippen molar-refractivity contribution in [3.8, 4) is 0 Å². The molecule has 5 nitrogen and oxygen atoms in total. The minimum Gasteiger partial charge on any atom is -0.441 e. The summed E-state index contributed by atoms with van der Waals surface area (Å²) in [5.74, 6) is 0.618. The molecular formula is C18H19N3O2. The summed E-state index contributed by atoms with van der Waals surface area (Å²) in [6, 6.07) is 9.35. The summed E-state index contributed by atoms with van der Waals surface area (Å²) in [5, 5.41) is 0. The first-order valence-electron chi connectivity index (χ1n) is 7.72. The van der Waals surface area contributed by atoms with Crippen LogP contribution in [0.5, 0.6) is 0 Å². The Morgan fingerprint density at radius 2 is 2.00 bits per heavy atom. The summed E-state index contributed by atoms with van der Waals surface area (Å²) < 4.78 is 5.51. The lowest BCUT2D eigenvalue weighted by atomic mass is 10.1. The number of aryl methyl sites for hydroxylation is 1. The normalized spacial score (nSPS) is 10.9. The molecule has 3 aromatic rings. The lowest BCUT2D eigenvalue weighted by molar-refractivity contribution is 0.0766. The molecule has 0 radical (unpaired) electrons. The van der Waals surface area contributed by atoms with Gasteiger partial charge in [-0.15, -0.1) is 0 Å². The van der Waals surface area contributed by atoms with Gasteiger partial charge in [0.05, 0.1) is 0 Å². The van der Waals surface area contributed by atoms with E-state index in [9.17, 15) is 4.79 Å². The molecule has 5 heteroatoms. The minimum absolute atomic E-state index is 0.0116. The van der Waals surface area contributed by atoms with Gasteiger partial charge in [-0.25, -0.2) is 4.98 Å². The van der Waals surface area contributed by atoms with Gasteiger partial charge in [0.2, 0.25) is 0 Å². The number of carbonyl (C=O) groups excluding carboxylic acids is 1. The number of hydrogen-bond donors (Lipinski definition) is 0. The topological polar surface area (TPSA) is 59.2 Å². The average molecular weight is 309 g/mol. The molecule has 1 aromatic carbocycles. The van der Waals surface area contributed by atoms with E-state index in [1.54, 1.807) is 25.4 Å². The monoisotopic (exact) mass is 309 g/mol. The van der Waals surface area contributed by atoms with Crippen LogP contribution in [0.4, 0.5) is 0 Å². The summed E-state index contributed by atoms with van der Waals surface area (Å²) in [7, 11) is 0. The SMILES string of the molecule is CCN(CCc1ccncc1)C(=O)c1ccc2nc(C)oc2c1. The first kappa shape index (κ1) is 15.2. The number of likely N-dealkylation sites (N-methyl/N-ethyl adjacent to an activating group) is 1. The highest BCUT2D eigenvalue weighted by Crippen LogP contribution is 2.18. The zero-order valence-electron chi connectivity index (χ0n) is 13.3. The number of aromatic nitrogens is 2. The highest BCUT2D eigenvalue weighted by Gasteiger charge is 2.15. The van der Waals surface area contributed by atoms with Gasteiger partial charge in [0.1, 0.15) is 5.52 Å². The van der Waals surface area contributed by atoms with Gasteiger partial charge < -0.3 is 9.32 Å². The Balaban J connectivity index is 1.75. The number of hydrogen-bond acceptors (Lipinski definition) is 4. The molecule has 0 saturated carbocycles. The summed E-state index contributed by atoms with van der Waals surface area (Å²) >= 11 is 0. The summed E-state index contributed by atoms with van der Waals surface area (Å²) in [5.41, 5.74) is 3.23. The second-order valence-electron chi connectivity index (χ2n) is 5.41. The summed E-state index contributed by atoms with van der Waals surface area (Å²) in [4.78, 5) is 22.8. The van der Waals surface area contributed by atoms with E-state index in [1.165, 1.54) is 5.56 Å². The first-order valence-corrected chi connectivity index (χ1v) is 7.72. The number of pyridine rings is 1. The zero-order chi connectivity index (χ0) is 16.2. The molecule has 0 atom stereocenters. The van der Waals surface area contributed by atoms with Gasteiger partial charge in [-0.3, -0.25) is 9.78 Å². The maximum atomic E-state index is 12.7. The fraction of sp³-hybridized carbons (Fsp3) is 0.278. The molecule has 1 amide bonds. The molecule has 118 valence electrons. The summed E-state index contributed by atoms with van der Waals surface area (Å²) in [6.07, 6.45) is 4.35. The third kappa shape index (κ3) is 3.39. The van der Waals surface area contributed by atoms with Crippen LogP contribution in [0.1, 0.15) is 28.7 Å². The fourth-order valence-electron chi connectivity index (χ4n) is 2.57. The van der Waals surface area contributed by atoms with E-state index < -0.39 is 0 Å². The number of benzene rings is 1. The highest BCUT2D eigenvalue weighted by atomic mass is 16.3. The quantitative estimate of drug-likeness (QED) is 0.726. The number of nitrogens with zero attached hydrogens (tertiary/aromatic N) is 3. The molecular weight excluding hydrogens is 290 g/mol. The number of rotatable bonds is 5. The molecule has 2 heterocycles. The number of amides is 1. The highest BCUT2D eigenvalue weighted by molar-refractivity contribution is 5.97. The van der Waals surface area contributed by atoms with Gasteiger partial charge in [-0.2, -0.15) is 0 Å². The van der Waals surface area contributed by atoms with Crippen LogP contribution in [-0.4, -0.2) is 33.9 Å². The summed E-state index contributed by atoms with van der Waals surface area (Å²) in [6.45, 7) is 5.13. The maximum absolute atomic E-state index is 12.7. The average Bonchev–Trinajstić information content (AvgIpc) is 2.95. The van der Waals surface area contributed by atoms with Gasteiger partial charge >= 0.3 is 0 Å². The van der Waals surface area contributed by atoms with Crippen molar-refractivity contribution in [2.24, 2.45) is 0 Å². The van der Waals surface area contributed by atoms with Crippen molar-refractivity contribution in [1.29, 1.82) is 0 Å². The molecule has 0 N–H and O–H groups in total. The van der Waals surface area contributed by atoms with Gasteiger partial charge in [-0.05, 0) is 49.2 Å². The third-order valence-electron chi connectivity index (χ3n) is 3.83. The van der Waals surface area contributed by atoms with Gasteiger partial charge in [0.25, 0.3) is 5.91 Å². The van der Waals surface area contributed by atoms with Crippen molar-refractivity contribution < 1.29 is 9.21 Å². The van der Waals surface area contributed by atoms with Crippen LogP contribution in [0.2, 0.25) is 0 Å². The largest absolute Gasteiger partial charge is 0.441 e. The van der Waals surface area contributed by atoms with Crippen LogP contribution in [-0.2, 0) is 6.42 Å². The predicted molar refractivity (Wildman–Crippen MR) is 88.3 cm³/mol. The molecule has 2 aromatic heterocycles. The molecule has 0 saturated heterocycles. The molecule has 0 aliphatic rings. The van der Waals surface area contributed by atoms with Crippen molar-refractivity contribution in [2.75, 3.05) is 13.1 Å². The van der Waals surface area contributed by atoms with Crippen molar-refractivity contribution in [1.82, 2.24) is 14.9 Å². The Morgan fingerprint density at radius 3 is 2.74 bits per heavy atom. The molecule has 3 rings (SSSR count). The van der Waals surface area contributed by atoms with Crippen LogP contribution < -0.4 is 0 Å².